The third-order valence-corrected chi connectivity index (χ3v) is 14.2. The predicted octanol–water partition coefficient (Wildman–Crippen LogP) is 23.0. The van der Waals surface area contributed by atoms with Gasteiger partial charge in [-0.3, -0.25) is 14.4 Å². The van der Waals surface area contributed by atoms with Gasteiger partial charge in [-0.05, 0) is 128 Å². The molecule has 6 heteroatoms. The predicted molar refractivity (Wildman–Crippen MR) is 343 cm³/mol. The van der Waals surface area contributed by atoms with Crippen molar-refractivity contribution in [3.05, 3.63) is 109 Å². The lowest BCUT2D eigenvalue weighted by atomic mass is 10.0. The lowest BCUT2D eigenvalue weighted by molar-refractivity contribution is -0.167. The molecule has 6 nitrogen and oxygen atoms in total. The number of ether oxygens (including phenoxy) is 3. The SMILES string of the molecule is CC/C=C\C/C=C\C/C=C\C/C=C\C/C=C\CCCCCCCCCCCCCCCC(=O)OCC(COC(=O)CCCCCCC/C=C\CCCCCC)OC(=O)CCCCCCCC/C=C\C/C=C\C/C=C\CCCCC. The van der Waals surface area contributed by atoms with Gasteiger partial charge in [-0.2, -0.15) is 0 Å². The fourth-order valence-corrected chi connectivity index (χ4v) is 9.24. The van der Waals surface area contributed by atoms with Gasteiger partial charge in [0.2, 0.25) is 0 Å². The molecule has 0 amide bonds. The molecule has 0 heterocycles. The number of allylic oxidation sites excluding steroid dienone is 18. The van der Waals surface area contributed by atoms with Crippen LogP contribution in [0.15, 0.2) is 109 Å². The number of hydrogen-bond acceptors (Lipinski definition) is 6. The van der Waals surface area contributed by atoms with Crippen molar-refractivity contribution in [3.8, 4) is 0 Å². The molecule has 0 aliphatic carbocycles. The monoisotopic (exact) mass is 1100 g/mol. The lowest BCUT2D eigenvalue weighted by Gasteiger charge is -2.18. The molecular weight excluding hydrogens is 973 g/mol. The van der Waals surface area contributed by atoms with Gasteiger partial charge in [0, 0.05) is 19.3 Å². The molecule has 0 spiro atoms. The number of carbonyl (C=O) groups excluding carboxylic acids is 3. The molecule has 0 aromatic rings. The first-order valence-corrected chi connectivity index (χ1v) is 33.4. The molecule has 1 unspecified atom stereocenters. The van der Waals surface area contributed by atoms with Crippen LogP contribution in [0.2, 0.25) is 0 Å². The summed E-state index contributed by atoms with van der Waals surface area (Å²) in [6.07, 6.45) is 91.0. The molecule has 0 bridgehead atoms. The number of esters is 3. The number of unbranched alkanes of at least 4 members (excludes halogenated alkanes) is 31. The van der Waals surface area contributed by atoms with E-state index < -0.39 is 6.10 Å². The minimum absolute atomic E-state index is 0.0859. The second-order valence-corrected chi connectivity index (χ2v) is 22.0. The smallest absolute Gasteiger partial charge is 0.306 e. The Balaban J connectivity index is 4.29. The fourth-order valence-electron chi connectivity index (χ4n) is 9.24. The van der Waals surface area contributed by atoms with Gasteiger partial charge < -0.3 is 14.2 Å². The van der Waals surface area contributed by atoms with Crippen molar-refractivity contribution >= 4 is 17.9 Å². The van der Waals surface area contributed by atoms with Crippen LogP contribution in [0.4, 0.5) is 0 Å². The molecule has 0 aromatic heterocycles. The van der Waals surface area contributed by atoms with Crippen molar-refractivity contribution < 1.29 is 28.6 Å². The summed E-state index contributed by atoms with van der Waals surface area (Å²) in [7, 11) is 0. The van der Waals surface area contributed by atoms with E-state index in [-0.39, 0.29) is 31.1 Å². The Hall–Kier alpha value is -3.93. The summed E-state index contributed by atoms with van der Waals surface area (Å²) < 4.78 is 16.9. The standard InChI is InChI=1S/C73H124O6/c1-4-7-10-13-16-19-22-25-27-29-31-32-33-34-35-36-37-38-39-40-42-43-45-48-51-54-57-60-63-66-72(75)78-69-70(68-77-71(74)65-62-59-56-53-50-47-24-21-18-15-12-9-6-3)79-73(76)67-64-61-58-55-52-49-46-44-41-30-28-26-23-20-17-14-11-8-5-2/h7,10,16-17,19-21,24-28,31-32,34-35,41,44,70H,4-6,8-9,11-15,18,22-23,29-30,33,36-40,42-43,45-69H2,1-3H3/b10-7-,19-16-,20-17-,24-21-,27-25-,28-26-,32-31-,35-34-,44-41-. The Morgan fingerprint density at radius 2 is 0.494 bits per heavy atom. The number of hydrogen-bond donors (Lipinski definition) is 0. The van der Waals surface area contributed by atoms with E-state index in [0.717, 1.165) is 122 Å². The molecular formula is C73H124O6. The third kappa shape index (κ3) is 64.8. The molecule has 0 aliphatic heterocycles. The summed E-state index contributed by atoms with van der Waals surface area (Å²) in [6.45, 7) is 6.49. The Morgan fingerprint density at radius 3 is 0.810 bits per heavy atom. The highest BCUT2D eigenvalue weighted by atomic mass is 16.6. The molecule has 79 heavy (non-hydrogen) atoms. The summed E-state index contributed by atoms with van der Waals surface area (Å²) in [5, 5.41) is 0. The van der Waals surface area contributed by atoms with Gasteiger partial charge in [0.05, 0.1) is 0 Å². The first-order valence-electron chi connectivity index (χ1n) is 33.4. The van der Waals surface area contributed by atoms with Crippen LogP contribution in [-0.2, 0) is 28.6 Å². The maximum atomic E-state index is 12.9. The van der Waals surface area contributed by atoms with Crippen molar-refractivity contribution in [3.63, 3.8) is 0 Å². The maximum absolute atomic E-state index is 12.9. The molecule has 0 saturated carbocycles. The van der Waals surface area contributed by atoms with E-state index in [2.05, 4.69) is 130 Å². The number of carbonyl (C=O) groups is 3. The fraction of sp³-hybridized carbons (Fsp3) is 0.712. The van der Waals surface area contributed by atoms with Gasteiger partial charge in [0.1, 0.15) is 13.2 Å². The van der Waals surface area contributed by atoms with Crippen LogP contribution in [0.1, 0.15) is 316 Å². The van der Waals surface area contributed by atoms with Crippen LogP contribution < -0.4 is 0 Å². The topological polar surface area (TPSA) is 78.9 Å². The van der Waals surface area contributed by atoms with Crippen LogP contribution in [-0.4, -0.2) is 37.2 Å². The van der Waals surface area contributed by atoms with E-state index >= 15 is 0 Å². The zero-order valence-electron chi connectivity index (χ0n) is 51.9. The largest absolute Gasteiger partial charge is 0.462 e. The molecule has 0 aromatic carbocycles. The van der Waals surface area contributed by atoms with E-state index in [4.69, 9.17) is 14.2 Å². The van der Waals surface area contributed by atoms with Gasteiger partial charge in [-0.15, -0.1) is 0 Å². The molecule has 452 valence electrons. The van der Waals surface area contributed by atoms with Gasteiger partial charge in [0.25, 0.3) is 0 Å². The second-order valence-electron chi connectivity index (χ2n) is 22.0. The van der Waals surface area contributed by atoms with Crippen molar-refractivity contribution in [2.75, 3.05) is 13.2 Å². The Morgan fingerprint density at radius 1 is 0.266 bits per heavy atom. The first-order chi connectivity index (χ1) is 39.0. The molecule has 0 fully saturated rings. The summed E-state index contributed by atoms with van der Waals surface area (Å²) in [5.41, 5.74) is 0. The van der Waals surface area contributed by atoms with E-state index in [0.29, 0.717) is 19.3 Å². The third-order valence-electron chi connectivity index (χ3n) is 14.2. The van der Waals surface area contributed by atoms with Crippen molar-refractivity contribution in [1.82, 2.24) is 0 Å². The summed E-state index contributed by atoms with van der Waals surface area (Å²) in [4.78, 5) is 38.3. The minimum Gasteiger partial charge on any atom is -0.462 e. The van der Waals surface area contributed by atoms with Crippen LogP contribution in [0.5, 0.6) is 0 Å². The van der Waals surface area contributed by atoms with Crippen LogP contribution >= 0.6 is 0 Å². The Kier molecular flexibility index (Phi) is 63.3. The highest BCUT2D eigenvalue weighted by molar-refractivity contribution is 5.71. The summed E-state index contributed by atoms with van der Waals surface area (Å²) in [5.74, 6) is -0.899. The quantitative estimate of drug-likeness (QED) is 0.0261. The lowest BCUT2D eigenvalue weighted by Crippen LogP contribution is -2.30. The van der Waals surface area contributed by atoms with Gasteiger partial charge >= 0.3 is 17.9 Å². The molecule has 1 atom stereocenters. The van der Waals surface area contributed by atoms with Crippen molar-refractivity contribution in [1.29, 1.82) is 0 Å². The Bertz CT molecular complexity index is 1590. The van der Waals surface area contributed by atoms with Crippen LogP contribution in [0.3, 0.4) is 0 Å². The summed E-state index contributed by atoms with van der Waals surface area (Å²) in [6, 6.07) is 0. The van der Waals surface area contributed by atoms with Gasteiger partial charge in [-0.1, -0.05) is 278 Å². The first kappa shape index (κ1) is 75.1. The average molecular weight is 1100 g/mol. The Labute approximate surface area is 489 Å². The zero-order valence-corrected chi connectivity index (χ0v) is 51.9. The molecule has 0 aliphatic rings. The zero-order chi connectivity index (χ0) is 57.1. The number of rotatable bonds is 60. The van der Waals surface area contributed by atoms with Gasteiger partial charge in [0.15, 0.2) is 6.10 Å². The van der Waals surface area contributed by atoms with Crippen LogP contribution in [0, 0.1) is 0 Å². The molecule has 0 saturated heterocycles. The van der Waals surface area contributed by atoms with Gasteiger partial charge in [-0.25, -0.2) is 0 Å². The maximum Gasteiger partial charge on any atom is 0.306 e. The van der Waals surface area contributed by atoms with E-state index in [1.807, 2.05) is 0 Å². The van der Waals surface area contributed by atoms with Crippen molar-refractivity contribution in [2.24, 2.45) is 0 Å². The summed E-state index contributed by atoms with van der Waals surface area (Å²) >= 11 is 0. The van der Waals surface area contributed by atoms with Crippen LogP contribution in [0.25, 0.3) is 0 Å². The molecule has 0 radical (unpaired) electrons. The van der Waals surface area contributed by atoms with E-state index in [1.165, 1.54) is 154 Å². The molecule has 0 N–H and O–H groups in total. The normalized spacial score (nSPS) is 12.8. The van der Waals surface area contributed by atoms with E-state index in [1.54, 1.807) is 0 Å². The highest BCUT2D eigenvalue weighted by Gasteiger charge is 2.19. The highest BCUT2D eigenvalue weighted by Crippen LogP contribution is 2.16. The average Bonchev–Trinajstić information content (AvgIpc) is 3.45. The minimum atomic E-state index is -0.791. The molecule has 0 rings (SSSR count). The van der Waals surface area contributed by atoms with Crippen molar-refractivity contribution in [2.45, 2.75) is 322 Å². The van der Waals surface area contributed by atoms with E-state index in [9.17, 15) is 14.4 Å². The second kappa shape index (κ2) is 66.6.